The summed E-state index contributed by atoms with van der Waals surface area (Å²) in [6.07, 6.45) is 5.80. The number of imidazole rings is 1. The first-order valence-corrected chi connectivity index (χ1v) is 8.45. The Balaban J connectivity index is 1.45. The molecule has 1 aliphatic rings. The highest BCUT2D eigenvalue weighted by molar-refractivity contribution is 5.82. The first-order valence-electron chi connectivity index (χ1n) is 8.45. The molecule has 2 unspecified atom stereocenters. The molecular weight excluding hydrogens is 304 g/mol. The first-order chi connectivity index (χ1) is 11.7. The normalized spacial score (nSPS) is 20.2. The minimum Gasteiger partial charge on any atom is -0.392 e. The van der Waals surface area contributed by atoms with Gasteiger partial charge in [0.25, 0.3) is 0 Å². The first kappa shape index (κ1) is 16.7. The molecule has 1 fully saturated rings. The molecule has 0 saturated carbocycles. The van der Waals surface area contributed by atoms with Crippen molar-refractivity contribution < 1.29 is 9.90 Å². The number of nitrogens with zero attached hydrogens (tertiary/aromatic N) is 2. The third-order valence-electron chi connectivity index (χ3n) is 4.35. The SMILES string of the molecule is O=C(NCc1nccn1CCCc1ccccc1)C1CC(O)CN1. The number of amides is 1. The lowest BCUT2D eigenvalue weighted by molar-refractivity contribution is -0.123. The van der Waals surface area contributed by atoms with Crippen LogP contribution in [0.1, 0.15) is 24.2 Å². The third kappa shape index (κ3) is 4.43. The van der Waals surface area contributed by atoms with Crippen molar-refractivity contribution in [3.63, 3.8) is 0 Å². The maximum atomic E-state index is 12.1. The summed E-state index contributed by atoms with van der Waals surface area (Å²) in [6, 6.07) is 10.1. The van der Waals surface area contributed by atoms with Gasteiger partial charge in [-0.2, -0.15) is 0 Å². The summed E-state index contributed by atoms with van der Waals surface area (Å²) < 4.78 is 2.08. The molecule has 0 radical (unpaired) electrons. The van der Waals surface area contributed by atoms with Crippen molar-refractivity contribution in [1.82, 2.24) is 20.2 Å². The molecule has 1 aliphatic heterocycles. The molecule has 3 N–H and O–H groups in total. The molecule has 0 aliphatic carbocycles. The number of hydrogen-bond donors (Lipinski definition) is 3. The fourth-order valence-electron chi connectivity index (χ4n) is 3.02. The number of aryl methyl sites for hydroxylation is 2. The fraction of sp³-hybridized carbons (Fsp3) is 0.444. The van der Waals surface area contributed by atoms with E-state index < -0.39 is 6.10 Å². The number of carbonyl (C=O) groups is 1. The van der Waals surface area contributed by atoms with Gasteiger partial charge in [0.05, 0.1) is 18.7 Å². The van der Waals surface area contributed by atoms with Crippen molar-refractivity contribution in [1.29, 1.82) is 0 Å². The van der Waals surface area contributed by atoms with Gasteiger partial charge in [-0.25, -0.2) is 4.98 Å². The van der Waals surface area contributed by atoms with E-state index in [1.54, 1.807) is 6.20 Å². The number of hydrogen-bond acceptors (Lipinski definition) is 4. The molecule has 6 heteroatoms. The van der Waals surface area contributed by atoms with Gasteiger partial charge in [-0.05, 0) is 24.8 Å². The number of nitrogens with one attached hydrogen (secondary N) is 2. The van der Waals surface area contributed by atoms with Crippen LogP contribution in [-0.4, -0.2) is 39.3 Å². The highest BCUT2D eigenvalue weighted by Crippen LogP contribution is 2.08. The Bertz CT molecular complexity index is 656. The summed E-state index contributed by atoms with van der Waals surface area (Å²) in [4.78, 5) is 16.4. The summed E-state index contributed by atoms with van der Waals surface area (Å²) in [6.45, 7) is 1.76. The molecule has 0 bridgehead atoms. The van der Waals surface area contributed by atoms with E-state index in [2.05, 4.69) is 44.5 Å². The maximum Gasteiger partial charge on any atom is 0.237 e. The highest BCUT2D eigenvalue weighted by Gasteiger charge is 2.27. The third-order valence-corrected chi connectivity index (χ3v) is 4.35. The van der Waals surface area contributed by atoms with E-state index >= 15 is 0 Å². The summed E-state index contributed by atoms with van der Waals surface area (Å²) in [5.74, 6) is 0.778. The van der Waals surface area contributed by atoms with E-state index in [4.69, 9.17) is 0 Å². The Hall–Kier alpha value is -2.18. The van der Waals surface area contributed by atoms with E-state index in [9.17, 15) is 9.90 Å². The lowest BCUT2D eigenvalue weighted by atomic mass is 10.1. The van der Waals surface area contributed by atoms with E-state index in [0.717, 1.165) is 25.2 Å². The van der Waals surface area contributed by atoms with Crippen LogP contribution in [0, 0.1) is 0 Å². The lowest BCUT2D eigenvalue weighted by Gasteiger charge is -2.12. The smallest absolute Gasteiger partial charge is 0.237 e. The second-order valence-corrected chi connectivity index (χ2v) is 6.19. The second-order valence-electron chi connectivity index (χ2n) is 6.19. The fourth-order valence-corrected chi connectivity index (χ4v) is 3.02. The number of benzene rings is 1. The zero-order valence-corrected chi connectivity index (χ0v) is 13.7. The van der Waals surface area contributed by atoms with Gasteiger partial charge < -0.3 is 20.3 Å². The number of β-amino-alcohol motifs (C(OH)–C–C–N with tert-alkyl or cyclic N) is 1. The Morgan fingerprint density at radius 1 is 1.38 bits per heavy atom. The van der Waals surface area contributed by atoms with Crippen molar-refractivity contribution in [3.8, 4) is 0 Å². The van der Waals surface area contributed by atoms with Crippen molar-refractivity contribution in [2.24, 2.45) is 0 Å². The number of rotatable bonds is 7. The molecule has 1 saturated heterocycles. The molecule has 3 rings (SSSR count). The molecule has 2 atom stereocenters. The number of aliphatic hydroxyl groups excluding tert-OH is 1. The monoisotopic (exact) mass is 328 g/mol. The largest absolute Gasteiger partial charge is 0.392 e. The highest BCUT2D eigenvalue weighted by atomic mass is 16.3. The quantitative estimate of drug-likeness (QED) is 0.704. The van der Waals surface area contributed by atoms with Crippen molar-refractivity contribution in [3.05, 3.63) is 54.1 Å². The Labute approximate surface area is 141 Å². The zero-order valence-electron chi connectivity index (χ0n) is 13.7. The summed E-state index contributed by atoms with van der Waals surface area (Å²) in [7, 11) is 0. The van der Waals surface area contributed by atoms with Crippen LogP contribution in [0.25, 0.3) is 0 Å². The standard InChI is InChI=1S/C18H24N4O2/c23-15-11-16(20-12-15)18(24)21-13-17-19-8-10-22(17)9-4-7-14-5-2-1-3-6-14/h1-3,5-6,8,10,15-16,20,23H,4,7,9,11-13H2,(H,21,24). The van der Waals surface area contributed by atoms with Gasteiger partial charge in [-0.3, -0.25) is 4.79 Å². The van der Waals surface area contributed by atoms with Crippen LogP contribution in [0.2, 0.25) is 0 Å². The van der Waals surface area contributed by atoms with Gasteiger partial charge in [-0.15, -0.1) is 0 Å². The van der Waals surface area contributed by atoms with Gasteiger partial charge in [0.15, 0.2) is 0 Å². The summed E-state index contributed by atoms with van der Waals surface area (Å²) in [5, 5.41) is 15.4. The minimum absolute atomic E-state index is 0.0783. The average molecular weight is 328 g/mol. The molecule has 6 nitrogen and oxygen atoms in total. The van der Waals surface area contributed by atoms with Crippen LogP contribution in [-0.2, 0) is 24.3 Å². The number of carbonyl (C=O) groups excluding carboxylic acids is 1. The molecule has 24 heavy (non-hydrogen) atoms. The van der Waals surface area contributed by atoms with E-state index in [1.807, 2.05) is 12.3 Å². The maximum absolute atomic E-state index is 12.1. The van der Waals surface area contributed by atoms with Crippen LogP contribution in [0.15, 0.2) is 42.7 Å². The van der Waals surface area contributed by atoms with Crippen molar-refractivity contribution in [2.45, 2.75) is 44.5 Å². The molecule has 2 aromatic rings. The van der Waals surface area contributed by atoms with Gasteiger partial charge in [0.1, 0.15) is 5.82 Å². The topological polar surface area (TPSA) is 79.2 Å². The van der Waals surface area contributed by atoms with E-state index in [-0.39, 0.29) is 11.9 Å². The second kappa shape index (κ2) is 8.08. The molecule has 1 aromatic heterocycles. The Morgan fingerprint density at radius 3 is 2.96 bits per heavy atom. The Morgan fingerprint density at radius 2 is 2.21 bits per heavy atom. The van der Waals surface area contributed by atoms with Gasteiger partial charge in [0, 0.05) is 25.5 Å². The summed E-state index contributed by atoms with van der Waals surface area (Å²) >= 11 is 0. The Kier molecular flexibility index (Phi) is 5.61. The minimum atomic E-state index is -0.430. The van der Waals surface area contributed by atoms with Gasteiger partial charge in [0.2, 0.25) is 5.91 Å². The molecule has 128 valence electrons. The van der Waals surface area contributed by atoms with E-state index in [1.165, 1.54) is 5.56 Å². The van der Waals surface area contributed by atoms with Crippen LogP contribution >= 0.6 is 0 Å². The molecule has 1 aromatic carbocycles. The van der Waals surface area contributed by atoms with Crippen molar-refractivity contribution >= 4 is 5.91 Å². The van der Waals surface area contributed by atoms with Crippen LogP contribution < -0.4 is 10.6 Å². The van der Waals surface area contributed by atoms with Crippen LogP contribution in [0.3, 0.4) is 0 Å². The predicted octanol–water partition coefficient (Wildman–Crippen LogP) is 0.855. The molecule has 0 spiro atoms. The predicted molar refractivity (Wildman–Crippen MR) is 91.3 cm³/mol. The molecule has 2 heterocycles. The van der Waals surface area contributed by atoms with Gasteiger partial charge >= 0.3 is 0 Å². The molecule has 1 amide bonds. The number of aromatic nitrogens is 2. The lowest BCUT2D eigenvalue weighted by Crippen LogP contribution is -2.40. The van der Waals surface area contributed by atoms with Crippen LogP contribution in [0.5, 0.6) is 0 Å². The van der Waals surface area contributed by atoms with Crippen molar-refractivity contribution in [2.75, 3.05) is 6.54 Å². The zero-order chi connectivity index (χ0) is 16.8. The summed E-state index contributed by atoms with van der Waals surface area (Å²) in [5.41, 5.74) is 1.33. The van der Waals surface area contributed by atoms with Gasteiger partial charge in [-0.1, -0.05) is 30.3 Å². The molecular formula is C18H24N4O2. The number of aliphatic hydroxyl groups is 1. The average Bonchev–Trinajstić information content (AvgIpc) is 3.23. The van der Waals surface area contributed by atoms with E-state index in [0.29, 0.717) is 19.5 Å². The van der Waals surface area contributed by atoms with Crippen LogP contribution in [0.4, 0.5) is 0 Å².